The molecule has 7 heteroatoms. The molecule has 0 spiro atoms. The van der Waals surface area contributed by atoms with E-state index in [2.05, 4.69) is 15.5 Å². The third-order valence-corrected chi connectivity index (χ3v) is 4.67. The molecule has 0 aliphatic carbocycles. The molecule has 0 fully saturated rings. The van der Waals surface area contributed by atoms with Crippen molar-refractivity contribution in [3.63, 3.8) is 0 Å². The Labute approximate surface area is 179 Å². The van der Waals surface area contributed by atoms with Crippen LogP contribution in [0.2, 0.25) is 0 Å². The number of ether oxygens (including phenoxy) is 2. The quantitative estimate of drug-likeness (QED) is 0.469. The molecule has 7 nitrogen and oxygen atoms in total. The van der Waals surface area contributed by atoms with Crippen molar-refractivity contribution in [3.05, 3.63) is 78.4 Å². The molecule has 0 bridgehead atoms. The molecule has 1 aromatic heterocycles. The van der Waals surface area contributed by atoms with E-state index in [1.165, 1.54) is 0 Å². The van der Waals surface area contributed by atoms with E-state index in [-0.39, 0.29) is 12.5 Å². The predicted molar refractivity (Wildman–Crippen MR) is 117 cm³/mol. The molecule has 0 unspecified atom stereocenters. The fourth-order valence-electron chi connectivity index (χ4n) is 3.11. The number of methoxy groups -OCH3 is 1. The largest absolute Gasteiger partial charge is 0.495 e. The first kappa shape index (κ1) is 20.2. The van der Waals surface area contributed by atoms with Crippen LogP contribution in [-0.4, -0.2) is 29.8 Å². The molecule has 0 saturated carbocycles. The summed E-state index contributed by atoms with van der Waals surface area (Å²) in [5, 5.41) is 6.88. The average Bonchev–Trinajstić information content (AvgIpc) is 3.28. The molecule has 0 aliphatic rings. The Morgan fingerprint density at radius 3 is 2.39 bits per heavy atom. The van der Waals surface area contributed by atoms with Crippen LogP contribution in [0, 0.1) is 6.92 Å². The van der Waals surface area contributed by atoms with Gasteiger partial charge < -0.3 is 19.3 Å². The van der Waals surface area contributed by atoms with Gasteiger partial charge in [0.2, 0.25) is 5.82 Å². The Morgan fingerprint density at radius 2 is 1.61 bits per heavy atom. The Hall–Kier alpha value is -4.13. The van der Waals surface area contributed by atoms with Gasteiger partial charge >= 0.3 is 0 Å². The van der Waals surface area contributed by atoms with Crippen LogP contribution in [-0.2, 0) is 4.79 Å². The summed E-state index contributed by atoms with van der Waals surface area (Å²) in [7, 11) is 1.55. The molecule has 4 rings (SSSR count). The molecule has 156 valence electrons. The Balaban J connectivity index is 1.49. The molecule has 0 aliphatic heterocycles. The second-order valence-electron chi connectivity index (χ2n) is 6.77. The van der Waals surface area contributed by atoms with Gasteiger partial charge in [-0.3, -0.25) is 4.79 Å². The van der Waals surface area contributed by atoms with Crippen molar-refractivity contribution in [2.45, 2.75) is 6.92 Å². The first-order chi connectivity index (χ1) is 15.2. The number of rotatable bonds is 7. The summed E-state index contributed by atoms with van der Waals surface area (Å²) in [6.07, 6.45) is 0. The highest BCUT2D eigenvalue weighted by molar-refractivity contribution is 5.93. The topological polar surface area (TPSA) is 86.5 Å². The van der Waals surface area contributed by atoms with Gasteiger partial charge in [-0.25, -0.2) is 0 Å². The molecule has 1 amide bonds. The third kappa shape index (κ3) is 4.56. The maximum atomic E-state index is 12.4. The van der Waals surface area contributed by atoms with Gasteiger partial charge in [0.25, 0.3) is 11.8 Å². The molecule has 0 radical (unpaired) electrons. The van der Waals surface area contributed by atoms with Crippen LogP contribution in [0.15, 0.2) is 77.3 Å². The maximum absolute atomic E-state index is 12.4. The minimum Gasteiger partial charge on any atom is -0.495 e. The van der Waals surface area contributed by atoms with Gasteiger partial charge in [-0.2, -0.15) is 4.98 Å². The van der Waals surface area contributed by atoms with E-state index in [9.17, 15) is 4.79 Å². The SMILES string of the molecule is COc1ccccc1NC(=O)COc1ccccc1-c1noc(-c2ccccc2C)n1. The van der Waals surface area contributed by atoms with Gasteiger partial charge in [-0.15, -0.1) is 0 Å². The van der Waals surface area contributed by atoms with Gasteiger partial charge in [-0.05, 0) is 42.8 Å². The summed E-state index contributed by atoms with van der Waals surface area (Å²) >= 11 is 0. The zero-order valence-electron chi connectivity index (χ0n) is 17.2. The van der Waals surface area contributed by atoms with Crippen LogP contribution in [0.25, 0.3) is 22.8 Å². The van der Waals surface area contributed by atoms with Crippen LogP contribution in [0.4, 0.5) is 5.69 Å². The summed E-state index contributed by atoms with van der Waals surface area (Å²) < 4.78 is 16.5. The maximum Gasteiger partial charge on any atom is 0.262 e. The predicted octanol–water partition coefficient (Wildman–Crippen LogP) is 4.74. The number of carbonyl (C=O) groups is 1. The van der Waals surface area contributed by atoms with E-state index in [4.69, 9.17) is 14.0 Å². The Morgan fingerprint density at radius 1 is 0.935 bits per heavy atom. The second kappa shape index (κ2) is 9.13. The molecular formula is C24H21N3O4. The molecule has 1 N–H and O–H groups in total. The standard InChI is InChI=1S/C24H21N3O4/c1-16-9-3-4-10-17(16)24-26-23(27-31-24)18-11-5-7-13-20(18)30-15-22(28)25-19-12-6-8-14-21(19)29-2/h3-14H,15H2,1-2H3,(H,25,28). The number of nitrogens with one attached hydrogen (secondary N) is 1. The van der Waals surface area contributed by atoms with E-state index in [0.717, 1.165) is 11.1 Å². The number of carbonyl (C=O) groups excluding carboxylic acids is 1. The highest BCUT2D eigenvalue weighted by atomic mass is 16.5. The van der Waals surface area contributed by atoms with E-state index < -0.39 is 0 Å². The molecule has 0 saturated heterocycles. The van der Waals surface area contributed by atoms with Crippen molar-refractivity contribution in [2.75, 3.05) is 19.0 Å². The first-order valence-corrected chi connectivity index (χ1v) is 9.70. The molecule has 4 aromatic rings. The minimum absolute atomic E-state index is 0.183. The Kier molecular flexibility index (Phi) is 5.93. The van der Waals surface area contributed by atoms with Crippen molar-refractivity contribution in [3.8, 4) is 34.3 Å². The zero-order valence-corrected chi connectivity index (χ0v) is 17.2. The smallest absolute Gasteiger partial charge is 0.262 e. The van der Waals surface area contributed by atoms with Crippen LogP contribution < -0.4 is 14.8 Å². The van der Waals surface area contributed by atoms with Gasteiger partial charge in [0.15, 0.2) is 6.61 Å². The van der Waals surface area contributed by atoms with E-state index in [1.807, 2.05) is 61.5 Å². The Bertz CT molecular complexity index is 1200. The van der Waals surface area contributed by atoms with E-state index in [0.29, 0.717) is 34.5 Å². The lowest BCUT2D eigenvalue weighted by atomic mass is 10.1. The fourth-order valence-corrected chi connectivity index (χ4v) is 3.11. The highest BCUT2D eigenvalue weighted by Crippen LogP contribution is 2.30. The van der Waals surface area contributed by atoms with Gasteiger partial charge in [0.1, 0.15) is 11.5 Å². The number of hydrogen-bond donors (Lipinski definition) is 1. The molecule has 0 atom stereocenters. The summed E-state index contributed by atoms with van der Waals surface area (Å²) in [5.41, 5.74) is 3.12. The van der Waals surface area contributed by atoms with Crippen molar-refractivity contribution >= 4 is 11.6 Å². The molecule has 1 heterocycles. The number of anilines is 1. The van der Waals surface area contributed by atoms with Gasteiger partial charge in [-0.1, -0.05) is 47.6 Å². The van der Waals surface area contributed by atoms with Crippen LogP contribution in [0.5, 0.6) is 11.5 Å². The monoisotopic (exact) mass is 415 g/mol. The number of hydrogen-bond acceptors (Lipinski definition) is 6. The first-order valence-electron chi connectivity index (χ1n) is 9.70. The molecular weight excluding hydrogens is 394 g/mol. The summed E-state index contributed by atoms with van der Waals surface area (Å²) in [6.45, 7) is 1.80. The zero-order chi connectivity index (χ0) is 21.6. The number of benzene rings is 3. The summed E-state index contributed by atoms with van der Waals surface area (Å²) in [6, 6.07) is 22.2. The number of para-hydroxylation sites is 3. The normalized spacial score (nSPS) is 10.5. The highest BCUT2D eigenvalue weighted by Gasteiger charge is 2.16. The lowest BCUT2D eigenvalue weighted by Crippen LogP contribution is -2.20. The number of aromatic nitrogens is 2. The third-order valence-electron chi connectivity index (χ3n) is 4.67. The van der Waals surface area contributed by atoms with Crippen LogP contribution in [0.3, 0.4) is 0 Å². The van der Waals surface area contributed by atoms with Crippen molar-refractivity contribution in [2.24, 2.45) is 0 Å². The van der Waals surface area contributed by atoms with Crippen molar-refractivity contribution in [1.82, 2.24) is 10.1 Å². The summed E-state index contributed by atoms with van der Waals surface area (Å²) in [4.78, 5) is 16.9. The second-order valence-corrected chi connectivity index (χ2v) is 6.77. The lowest BCUT2D eigenvalue weighted by Gasteiger charge is -2.11. The van der Waals surface area contributed by atoms with Gasteiger partial charge in [0, 0.05) is 5.56 Å². The lowest BCUT2D eigenvalue weighted by molar-refractivity contribution is -0.118. The molecule has 3 aromatic carbocycles. The van der Waals surface area contributed by atoms with E-state index >= 15 is 0 Å². The summed E-state index contributed by atoms with van der Waals surface area (Å²) in [5.74, 6) is 1.56. The molecule has 31 heavy (non-hydrogen) atoms. The number of aryl methyl sites for hydroxylation is 1. The average molecular weight is 415 g/mol. The minimum atomic E-state index is -0.312. The van der Waals surface area contributed by atoms with Crippen LogP contribution >= 0.6 is 0 Å². The van der Waals surface area contributed by atoms with Gasteiger partial charge in [0.05, 0.1) is 18.4 Å². The fraction of sp³-hybridized carbons (Fsp3) is 0.125. The van der Waals surface area contributed by atoms with Crippen molar-refractivity contribution in [1.29, 1.82) is 0 Å². The number of amides is 1. The van der Waals surface area contributed by atoms with Crippen LogP contribution in [0.1, 0.15) is 5.56 Å². The van der Waals surface area contributed by atoms with Crippen molar-refractivity contribution < 1.29 is 18.8 Å². The van der Waals surface area contributed by atoms with E-state index in [1.54, 1.807) is 25.3 Å². The number of nitrogens with zero attached hydrogens (tertiary/aromatic N) is 2.